The Kier molecular flexibility index (Phi) is 3.79. The summed E-state index contributed by atoms with van der Waals surface area (Å²) in [6.45, 7) is 0.833. The van der Waals surface area contributed by atoms with Crippen LogP contribution in [0.3, 0.4) is 0 Å². The van der Waals surface area contributed by atoms with E-state index in [0.29, 0.717) is 43.1 Å². The highest BCUT2D eigenvalue weighted by Crippen LogP contribution is 2.30. The Labute approximate surface area is 142 Å². The summed E-state index contributed by atoms with van der Waals surface area (Å²) in [6.07, 6.45) is 1.20. The summed E-state index contributed by atoms with van der Waals surface area (Å²) in [7, 11) is 0. The molecule has 1 N–H and O–H groups in total. The van der Waals surface area contributed by atoms with E-state index in [4.69, 9.17) is 4.52 Å². The van der Waals surface area contributed by atoms with Crippen LogP contribution in [-0.2, 0) is 22.6 Å². The number of halogens is 1. The maximum Gasteiger partial charge on any atom is 0.270 e. The minimum atomic E-state index is -0.311. The van der Waals surface area contributed by atoms with Gasteiger partial charge in [-0.1, -0.05) is 5.16 Å². The van der Waals surface area contributed by atoms with Gasteiger partial charge in [0.05, 0.1) is 6.54 Å². The molecule has 0 aliphatic carbocycles. The van der Waals surface area contributed by atoms with Crippen LogP contribution in [0.25, 0.3) is 11.3 Å². The number of fused-ring (bicyclic) bond motifs is 1. The quantitative estimate of drug-likeness (QED) is 0.898. The van der Waals surface area contributed by atoms with Crippen molar-refractivity contribution < 1.29 is 18.5 Å². The molecule has 2 aromatic rings. The number of nitrogens with zero attached hydrogens (tertiary/aromatic N) is 3. The van der Waals surface area contributed by atoms with Gasteiger partial charge in [-0.05, 0) is 30.7 Å². The van der Waals surface area contributed by atoms with E-state index >= 15 is 0 Å². The van der Waals surface area contributed by atoms with Crippen LogP contribution in [0.5, 0.6) is 0 Å². The molecule has 128 valence electrons. The third kappa shape index (κ3) is 2.90. The molecule has 0 saturated carbocycles. The number of hydrogen-bond acceptors (Lipinski definition) is 5. The molecule has 2 amide bonds. The van der Waals surface area contributed by atoms with Crippen molar-refractivity contribution in [1.29, 1.82) is 0 Å². The summed E-state index contributed by atoms with van der Waals surface area (Å²) in [5.74, 6) is -0.0754. The maximum absolute atomic E-state index is 13.1. The average molecular weight is 342 g/mol. The van der Waals surface area contributed by atoms with Crippen LogP contribution >= 0.6 is 0 Å². The first-order chi connectivity index (χ1) is 12.1. The van der Waals surface area contributed by atoms with E-state index < -0.39 is 0 Å². The lowest BCUT2D eigenvalue weighted by Gasteiger charge is -2.27. The van der Waals surface area contributed by atoms with Crippen molar-refractivity contribution in [2.24, 2.45) is 5.10 Å². The molecule has 0 bridgehead atoms. The SMILES string of the molecule is O=C1CCC(C(=O)N2CCc3c(noc3-c3ccc(F)cc3)C2)=NN1. The van der Waals surface area contributed by atoms with Crippen molar-refractivity contribution in [2.75, 3.05) is 6.54 Å². The van der Waals surface area contributed by atoms with E-state index in [2.05, 4.69) is 15.7 Å². The zero-order valence-electron chi connectivity index (χ0n) is 13.3. The van der Waals surface area contributed by atoms with Crippen molar-refractivity contribution in [3.63, 3.8) is 0 Å². The van der Waals surface area contributed by atoms with Crippen molar-refractivity contribution >= 4 is 17.5 Å². The van der Waals surface area contributed by atoms with Gasteiger partial charge in [-0.15, -0.1) is 0 Å². The Morgan fingerprint density at radius 2 is 2.00 bits per heavy atom. The summed E-state index contributed by atoms with van der Waals surface area (Å²) >= 11 is 0. The first-order valence-electron chi connectivity index (χ1n) is 8.00. The molecule has 3 heterocycles. The topological polar surface area (TPSA) is 87.8 Å². The summed E-state index contributed by atoms with van der Waals surface area (Å²) in [5.41, 5.74) is 5.08. The van der Waals surface area contributed by atoms with Gasteiger partial charge in [0.1, 0.15) is 17.2 Å². The van der Waals surface area contributed by atoms with Crippen molar-refractivity contribution in [3.05, 3.63) is 41.3 Å². The second kappa shape index (κ2) is 6.12. The monoisotopic (exact) mass is 342 g/mol. The Morgan fingerprint density at radius 1 is 1.20 bits per heavy atom. The summed E-state index contributed by atoms with van der Waals surface area (Å²) in [5, 5.41) is 7.92. The Balaban J connectivity index is 1.54. The van der Waals surface area contributed by atoms with Gasteiger partial charge in [0.2, 0.25) is 5.91 Å². The fourth-order valence-corrected chi connectivity index (χ4v) is 3.04. The Hall–Kier alpha value is -3.03. The molecule has 0 unspecified atom stereocenters. The predicted molar refractivity (Wildman–Crippen MR) is 85.8 cm³/mol. The summed E-state index contributed by atoms with van der Waals surface area (Å²) in [4.78, 5) is 25.3. The highest BCUT2D eigenvalue weighted by molar-refractivity contribution is 6.39. The molecule has 4 rings (SSSR count). The van der Waals surface area contributed by atoms with Gasteiger partial charge in [0.15, 0.2) is 5.76 Å². The molecule has 0 atom stereocenters. The fourth-order valence-electron chi connectivity index (χ4n) is 3.04. The van der Waals surface area contributed by atoms with E-state index in [-0.39, 0.29) is 24.1 Å². The zero-order chi connectivity index (χ0) is 17.4. The Morgan fingerprint density at radius 3 is 2.72 bits per heavy atom. The molecule has 7 nitrogen and oxygen atoms in total. The highest BCUT2D eigenvalue weighted by atomic mass is 19.1. The predicted octanol–water partition coefficient (Wildman–Crippen LogP) is 1.63. The van der Waals surface area contributed by atoms with Crippen LogP contribution in [0.15, 0.2) is 33.9 Å². The number of aromatic nitrogens is 1. The van der Waals surface area contributed by atoms with E-state index in [9.17, 15) is 14.0 Å². The van der Waals surface area contributed by atoms with Crippen LogP contribution < -0.4 is 5.43 Å². The molecule has 2 aliphatic rings. The number of hydrogen-bond donors (Lipinski definition) is 1. The maximum atomic E-state index is 13.1. The number of carbonyl (C=O) groups is 2. The molecule has 1 aromatic heterocycles. The molecule has 0 radical (unpaired) electrons. The van der Waals surface area contributed by atoms with E-state index in [1.54, 1.807) is 17.0 Å². The molecular weight excluding hydrogens is 327 g/mol. The first-order valence-corrected chi connectivity index (χ1v) is 8.00. The second-order valence-corrected chi connectivity index (χ2v) is 6.01. The third-order valence-corrected chi connectivity index (χ3v) is 4.39. The van der Waals surface area contributed by atoms with Crippen LogP contribution in [0.2, 0.25) is 0 Å². The molecule has 25 heavy (non-hydrogen) atoms. The molecule has 0 spiro atoms. The number of amides is 2. The smallest absolute Gasteiger partial charge is 0.270 e. The van der Waals surface area contributed by atoms with Gasteiger partial charge in [-0.25, -0.2) is 9.82 Å². The van der Waals surface area contributed by atoms with Gasteiger partial charge in [-0.2, -0.15) is 5.10 Å². The zero-order valence-corrected chi connectivity index (χ0v) is 13.3. The molecule has 0 saturated heterocycles. The lowest BCUT2D eigenvalue weighted by Crippen LogP contribution is -2.42. The van der Waals surface area contributed by atoms with Gasteiger partial charge < -0.3 is 9.42 Å². The van der Waals surface area contributed by atoms with Crippen molar-refractivity contribution in [1.82, 2.24) is 15.5 Å². The van der Waals surface area contributed by atoms with Crippen LogP contribution in [-0.4, -0.2) is 34.1 Å². The average Bonchev–Trinajstić information content (AvgIpc) is 3.05. The molecule has 1 aromatic carbocycles. The summed E-state index contributed by atoms with van der Waals surface area (Å²) < 4.78 is 18.5. The third-order valence-electron chi connectivity index (χ3n) is 4.39. The van der Waals surface area contributed by atoms with Crippen LogP contribution in [0, 0.1) is 5.82 Å². The second-order valence-electron chi connectivity index (χ2n) is 6.01. The molecular formula is C17H15FN4O3. The fraction of sp³-hybridized carbons (Fsp3) is 0.294. The molecule has 8 heteroatoms. The number of benzene rings is 1. The standard InChI is InChI=1S/C17H15FN4O3/c18-11-3-1-10(2-4-11)16-12-7-8-22(9-14(12)21-25-16)17(24)13-5-6-15(23)20-19-13/h1-4H,5-9H2,(H,20,23). The number of carbonyl (C=O) groups excluding carboxylic acids is 2. The van der Waals surface area contributed by atoms with Gasteiger partial charge in [0.25, 0.3) is 5.91 Å². The molecule has 2 aliphatic heterocycles. The number of rotatable bonds is 2. The highest BCUT2D eigenvalue weighted by Gasteiger charge is 2.30. The van der Waals surface area contributed by atoms with E-state index in [1.165, 1.54) is 12.1 Å². The molecule has 0 fully saturated rings. The normalized spacial score (nSPS) is 16.9. The number of hydrazone groups is 1. The lowest BCUT2D eigenvalue weighted by molar-refractivity contribution is -0.125. The Bertz CT molecular complexity index is 873. The largest absolute Gasteiger partial charge is 0.356 e. The van der Waals surface area contributed by atoms with E-state index in [0.717, 1.165) is 11.1 Å². The first kappa shape index (κ1) is 15.5. The summed E-state index contributed by atoms with van der Waals surface area (Å²) in [6, 6.07) is 6.04. The van der Waals surface area contributed by atoms with Crippen molar-refractivity contribution in [2.45, 2.75) is 25.8 Å². The lowest BCUT2D eigenvalue weighted by atomic mass is 10.00. The van der Waals surface area contributed by atoms with Gasteiger partial charge in [0, 0.05) is 30.5 Å². The van der Waals surface area contributed by atoms with Gasteiger partial charge in [-0.3, -0.25) is 9.59 Å². The minimum absolute atomic E-state index is 0.182. The van der Waals surface area contributed by atoms with Crippen LogP contribution in [0.1, 0.15) is 24.1 Å². The minimum Gasteiger partial charge on any atom is -0.356 e. The van der Waals surface area contributed by atoms with E-state index in [1.807, 2.05) is 0 Å². The van der Waals surface area contributed by atoms with Crippen molar-refractivity contribution in [3.8, 4) is 11.3 Å². The van der Waals surface area contributed by atoms with Crippen LogP contribution in [0.4, 0.5) is 4.39 Å². The number of nitrogens with one attached hydrogen (secondary N) is 1. The van der Waals surface area contributed by atoms with Gasteiger partial charge >= 0.3 is 0 Å².